The van der Waals surface area contributed by atoms with E-state index in [1.807, 2.05) is 6.07 Å². The van der Waals surface area contributed by atoms with Crippen LogP contribution in [0, 0.1) is 0 Å². The molecule has 1 aliphatic carbocycles. The van der Waals surface area contributed by atoms with Crippen molar-refractivity contribution in [3.63, 3.8) is 0 Å². The van der Waals surface area contributed by atoms with Crippen molar-refractivity contribution in [1.29, 1.82) is 0 Å². The molecule has 5 rings (SSSR count). The molecule has 1 aromatic carbocycles. The van der Waals surface area contributed by atoms with Gasteiger partial charge in [0, 0.05) is 25.2 Å². The van der Waals surface area contributed by atoms with Gasteiger partial charge in [0.05, 0.1) is 32.7 Å². The van der Waals surface area contributed by atoms with Crippen LogP contribution in [-0.4, -0.2) is 50.8 Å². The highest BCUT2D eigenvalue weighted by atomic mass is 16.5. The standard InChI is InChI=1S/C24H26N6O5/c1-28-19(14-18(26-28)17-13-16(33-2)8-9-20(17)34-3)23(31)25-10-11-29-24(32)30(15-6-7-15)22(27-29)21-5-4-12-35-21/h4-5,8-9,12-15H,6-7,10-11H2,1-3H3,(H,25,31). The summed E-state index contributed by atoms with van der Waals surface area (Å²) >= 11 is 0. The third-order valence-corrected chi connectivity index (χ3v) is 5.93. The number of hydrogen-bond donors (Lipinski definition) is 1. The summed E-state index contributed by atoms with van der Waals surface area (Å²) in [5.41, 5.74) is 1.46. The number of carbonyl (C=O) groups is 1. The first-order valence-corrected chi connectivity index (χ1v) is 11.3. The van der Waals surface area contributed by atoms with Crippen LogP contribution in [-0.2, 0) is 13.6 Å². The molecule has 0 spiro atoms. The van der Waals surface area contributed by atoms with E-state index >= 15 is 0 Å². The van der Waals surface area contributed by atoms with Crippen LogP contribution in [0.15, 0.2) is 51.9 Å². The summed E-state index contributed by atoms with van der Waals surface area (Å²) in [7, 11) is 4.85. The molecule has 182 valence electrons. The van der Waals surface area contributed by atoms with Crippen LogP contribution in [0.2, 0.25) is 0 Å². The zero-order chi connectivity index (χ0) is 24.5. The lowest BCUT2D eigenvalue weighted by atomic mass is 10.1. The van der Waals surface area contributed by atoms with E-state index < -0.39 is 0 Å². The quantitative estimate of drug-likeness (QED) is 0.393. The number of ether oxygens (including phenoxy) is 2. The number of methoxy groups -OCH3 is 2. The molecule has 11 nitrogen and oxygen atoms in total. The Bertz CT molecular complexity index is 1410. The van der Waals surface area contributed by atoms with Crippen molar-refractivity contribution in [2.45, 2.75) is 25.4 Å². The fourth-order valence-corrected chi connectivity index (χ4v) is 3.99. The van der Waals surface area contributed by atoms with Gasteiger partial charge in [-0.1, -0.05) is 0 Å². The topological polar surface area (TPSA) is 118 Å². The van der Waals surface area contributed by atoms with Gasteiger partial charge in [0.15, 0.2) is 5.76 Å². The van der Waals surface area contributed by atoms with Gasteiger partial charge in [-0.25, -0.2) is 9.48 Å². The van der Waals surface area contributed by atoms with Crippen molar-refractivity contribution in [3.05, 3.63) is 58.8 Å². The van der Waals surface area contributed by atoms with E-state index in [4.69, 9.17) is 13.9 Å². The Labute approximate surface area is 200 Å². The van der Waals surface area contributed by atoms with Crippen LogP contribution < -0.4 is 20.5 Å². The molecular formula is C24H26N6O5. The number of rotatable bonds is 9. The number of aryl methyl sites for hydroxylation is 1. The summed E-state index contributed by atoms with van der Waals surface area (Å²) in [5.74, 6) is 2.02. The number of aromatic nitrogens is 5. The molecule has 1 N–H and O–H groups in total. The van der Waals surface area contributed by atoms with Crippen molar-refractivity contribution in [1.82, 2.24) is 29.4 Å². The van der Waals surface area contributed by atoms with Gasteiger partial charge in [-0.3, -0.25) is 14.0 Å². The average molecular weight is 479 g/mol. The zero-order valence-electron chi connectivity index (χ0n) is 19.7. The largest absolute Gasteiger partial charge is 0.497 e. The summed E-state index contributed by atoms with van der Waals surface area (Å²) in [4.78, 5) is 25.8. The molecule has 0 atom stereocenters. The van der Waals surface area contributed by atoms with Gasteiger partial charge in [0.25, 0.3) is 5.91 Å². The van der Waals surface area contributed by atoms with E-state index in [0.717, 1.165) is 12.8 Å². The van der Waals surface area contributed by atoms with Crippen LogP contribution in [0.4, 0.5) is 0 Å². The van der Waals surface area contributed by atoms with E-state index in [9.17, 15) is 9.59 Å². The zero-order valence-corrected chi connectivity index (χ0v) is 19.7. The van der Waals surface area contributed by atoms with E-state index in [1.165, 1.54) is 9.36 Å². The summed E-state index contributed by atoms with van der Waals surface area (Å²) < 4.78 is 20.8. The molecule has 3 aromatic heterocycles. The Morgan fingerprint density at radius 1 is 1.17 bits per heavy atom. The number of nitrogens with zero attached hydrogens (tertiary/aromatic N) is 5. The second-order valence-electron chi connectivity index (χ2n) is 8.27. The molecule has 35 heavy (non-hydrogen) atoms. The molecule has 0 unspecified atom stereocenters. The van der Waals surface area contributed by atoms with Gasteiger partial charge in [-0.2, -0.15) is 5.10 Å². The predicted octanol–water partition coefficient (Wildman–Crippen LogP) is 2.49. The lowest BCUT2D eigenvalue weighted by Gasteiger charge is -2.08. The van der Waals surface area contributed by atoms with Crippen molar-refractivity contribution < 1.29 is 18.7 Å². The van der Waals surface area contributed by atoms with Crippen molar-refractivity contribution in [2.75, 3.05) is 20.8 Å². The number of furan rings is 1. The molecule has 1 saturated carbocycles. The minimum atomic E-state index is -0.311. The normalized spacial score (nSPS) is 13.1. The van der Waals surface area contributed by atoms with Gasteiger partial charge in [0.2, 0.25) is 5.82 Å². The molecule has 1 aliphatic rings. The van der Waals surface area contributed by atoms with Gasteiger partial charge in [-0.05, 0) is 49.2 Å². The Hall–Kier alpha value is -4.28. The monoisotopic (exact) mass is 478 g/mol. The van der Waals surface area contributed by atoms with Crippen molar-refractivity contribution >= 4 is 5.91 Å². The number of nitrogens with one attached hydrogen (secondary N) is 1. The van der Waals surface area contributed by atoms with E-state index in [2.05, 4.69) is 15.5 Å². The second kappa shape index (κ2) is 9.16. The summed E-state index contributed by atoms with van der Waals surface area (Å²) in [6, 6.07) is 10.8. The first-order chi connectivity index (χ1) is 17.0. The third-order valence-electron chi connectivity index (χ3n) is 5.93. The molecule has 0 saturated heterocycles. The van der Waals surface area contributed by atoms with Crippen LogP contribution in [0.1, 0.15) is 29.4 Å². The average Bonchev–Trinajstić information content (AvgIpc) is 3.26. The molecule has 1 fully saturated rings. The van der Waals surface area contributed by atoms with E-state index in [1.54, 1.807) is 62.4 Å². The summed E-state index contributed by atoms with van der Waals surface area (Å²) in [6.07, 6.45) is 3.44. The highest BCUT2D eigenvalue weighted by Crippen LogP contribution is 2.36. The second-order valence-corrected chi connectivity index (χ2v) is 8.27. The lowest BCUT2D eigenvalue weighted by molar-refractivity contribution is 0.0942. The molecule has 3 heterocycles. The number of hydrogen-bond acceptors (Lipinski definition) is 7. The van der Waals surface area contributed by atoms with Crippen LogP contribution in [0.5, 0.6) is 11.5 Å². The maximum absolute atomic E-state index is 12.9. The Kier molecular flexibility index (Phi) is 5.89. The van der Waals surface area contributed by atoms with Gasteiger partial charge < -0.3 is 19.2 Å². The molecule has 4 aromatic rings. The molecular weight excluding hydrogens is 452 g/mol. The number of carbonyl (C=O) groups excluding carboxylic acids is 1. The summed E-state index contributed by atoms with van der Waals surface area (Å²) in [6.45, 7) is 0.452. The maximum Gasteiger partial charge on any atom is 0.346 e. The minimum Gasteiger partial charge on any atom is -0.497 e. The third kappa shape index (κ3) is 4.32. The SMILES string of the molecule is COc1ccc(OC)c(-c2cc(C(=O)NCCn3nc(-c4ccco4)n(C4CC4)c3=O)n(C)n2)c1. The van der Waals surface area contributed by atoms with E-state index in [0.29, 0.717) is 40.0 Å². The Balaban J connectivity index is 1.31. The minimum absolute atomic E-state index is 0.146. The lowest BCUT2D eigenvalue weighted by Crippen LogP contribution is -2.32. The maximum atomic E-state index is 12.9. The van der Waals surface area contributed by atoms with Crippen molar-refractivity contribution in [3.8, 4) is 34.3 Å². The molecule has 0 bridgehead atoms. The first-order valence-electron chi connectivity index (χ1n) is 11.3. The molecule has 0 radical (unpaired) electrons. The predicted molar refractivity (Wildman–Crippen MR) is 127 cm³/mol. The van der Waals surface area contributed by atoms with Crippen molar-refractivity contribution in [2.24, 2.45) is 7.05 Å². The number of amides is 1. The van der Waals surface area contributed by atoms with Gasteiger partial charge in [-0.15, -0.1) is 5.10 Å². The highest BCUT2D eigenvalue weighted by Gasteiger charge is 2.31. The van der Waals surface area contributed by atoms with Gasteiger partial charge in [0.1, 0.15) is 17.2 Å². The van der Waals surface area contributed by atoms with Crippen LogP contribution in [0.25, 0.3) is 22.8 Å². The fraction of sp³-hybridized carbons (Fsp3) is 0.333. The molecule has 0 aliphatic heterocycles. The number of benzene rings is 1. The van der Waals surface area contributed by atoms with Crippen LogP contribution >= 0.6 is 0 Å². The molecule has 11 heteroatoms. The Morgan fingerprint density at radius 2 is 2.00 bits per heavy atom. The fourth-order valence-electron chi connectivity index (χ4n) is 3.99. The Morgan fingerprint density at radius 3 is 2.69 bits per heavy atom. The first kappa shape index (κ1) is 22.5. The van der Waals surface area contributed by atoms with Crippen LogP contribution in [0.3, 0.4) is 0 Å². The smallest absolute Gasteiger partial charge is 0.346 e. The molecule has 1 amide bonds. The highest BCUT2D eigenvalue weighted by molar-refractivity contribution is 5.93. The summed E-state index contributed by atoms with van der Waals surface area (Å²) in [5, 5.41) is 11.8. The van der Waals surface area contributed by atoms with E-state index in [-0.39, 0.29) is 30.7 Å². The van der Waals surface area contributed by atoms with Gasteiger partial charge >= 0.3 is 5.69 Å².